The molecule has 138 valence electrons. The number of nitrogens with two attached hydrogens (primary N) is 1. The topological polar surface area (TPSA) is 90.9 Å². The second kappa shape index (κ2) is 6.14. The van der Waals surface area contributed by atoms with E-state index in [-0.39, 0.29) is 4.90 Å². The largest absolute Gasteiger partial charge is 0.323 e. The number of rotatable bonds is 3. The van der Waals surface area contributed by atoms with E-state index in [1.54, 1.807) is 18.3 Å². The van der Waals surface area contributed by atoms with Gasteiger partial charge in [-0.25, -0.2) is 18.5 Å². The highest BCUT2D eigenvalue weighted by Gasteiger charge is 2.14. The Morgan fingerprint density at radius 2 is 1.67 bits per heavy atom. The molecule has 2 aromatic carbocycles. The molecule has 4 rings (SSSR count). The highest BCUT2D eigenvalue weighted by atomic mass is 32.2. The van der Waals surface area contributed by atoms with Gasteiger partial charge in [-0.2, -0.15) is 0 Å². The van der Waals surface area contributed by atoms with Gasteiger partial charge >= 0.3 is 0 Å². The molecule has 2 heterocycles. The molecule has 0 fully saturated rings. The van der Waals surface area contributed by atoms with E-state index in [2.05, 4.69) is 40.5 Å². The van der Waals surface area contributed by atoms with Crippen LogP contribution in [0.2, 0.25) is 0 Å². The molecule has 0 amide bonds. The standard InChI is InChI=1S/C20H20N4O2S/c1-12-8-17-18(9-13(12)2)22-10-19-20(17)24(14(3)23-19)11-15-4-6-16(7-5-15)27(21,25)26/h4-10H,11H2,1-3H3,(H2,21,25,26). The Balaban J connectivity index is 1.87. The van der Waals surface area contributed by atoms with Gasteiger partial charge in [-0.05, 0) is 61.7 Å². The zero-order chi connectivity index (χ0) is 19.3. The van der Waals surface area contributed by atoms with Crippen LogP contribution in [0.1, 0.15) is 22.5 Å². The van der Waals surface area contributed by atoms with Gasteiger partial charge in [0.25, 0.3) is 0 Å². The number of sulfonamides is 1. The van der Waals surface area contributed by atoms with Crippen molar-refractivity contribution in [2.75, 3.05) is 0 Å². The Morgan fingerprint density at radius 3 is 2.33 bits per heavy atom. The number of imidazole rings is 1. The lowest BCUT2D eigenvalue weighted by Gasteiger charge is -2.10. The quantitative estimate of drug-likeness (QED) is 0.591. The Labute approximate surface area is 157 Å². The van der Waals surface area contributed by atoms with E-state index in [4.69, 9.17) is 5.14 Å². The van der Waals surface area contributed by atoms with Gasteiger partial charge in [-0.15, -0.1) is 0 Å². The van der Waals surface area contributed by atoms with E-state index in [0.29, 0.717) is 6.54 Å². The predicted octanol–water partition coefficient (Wildman–Crippen LogP) is 3.21. The molecule has 0 unspecified atom stereocenters. The molecule has 0 radical (unpaired) electrons. The van der Waals surface area contributed by atoms with Gasteiger partial charge in [0.1, 0.15) is 11.3 Å². The van der Waals surface area contributed by atoms with Crippen LogP contribution in [-0.4, -0.2) is 23.0 Å². The number of hydrogen-bond acceptors (Lipinski definition) is 4. The number of aromatic nitrogens is 3. The minimum Gasteiger partial charge on any atom is -0.323 e. The van der Waals surface area contributed by atoms with E-state index in [1.165, 1.54) is 23.3 Å². The molecule has 0 saturated heterocycles. The molecule has 0 aliphatic heterocycles. The summed E-state index contributed by atoms with van der Waals surface area (Å²) in [5.74, 6) is 0.882. The summed E-state index contributed by atoms with van der Waals surface area (Å²) in [7, 11) is -3.69. The van der Waals surface area contributed by atoms with Gasteiger partial charge in [0.2, 0.25) is 10.0 Å². The van der Waals surface area contributed by atoms with Crippen LogP contribution < -0.4 is 5.14 Å². The van der Waals surface area contributed by atoms with Crippen LogP contribution in [-0.2, 0) is 16.6 Å². The number of pyridine rings is 1. The molecule has 0 spiro atoms. The first-order chi connectivity index (χ1) is 12.7. The van der Waals surface area contributed by atoms with Crippen molar-refractivity contribution in [2.45, 2.75) is 32.2 Å². The highest BCUT2D eigenvalue weighted by molar-refractivity contribution is 7.89. The molecule has 2 N–H and O–H groups in total. The number of primary sulfonamides is 1. The van der Waals surface area contributed by atoms with Crippen LogP contribution in [0.25, 0.3) is 21.9 Å². The lowest BCUT2D eigenvalue weighted by Crippen LogP contribution is -2.12. The van der Waals surface area contributed by atoms with E-state index >= 15 is 0 Å². The molecule has 0 bridgehead atoms. The maximum Gasteiger partial charge on any atom is 0.238 e. The van der Waals surface area contributed by atoms with Crippen molar-refractivity contribution in [3.05, 3.63) is 65.1 Å². The van der Waals surface area contributed by atoms with Gasteiger partial charge in [-0.3, -0.25) is 4.98 Å². The number of hydrogen-bond donors (Lipinski definition) is 1. The third-order valence-corrected chi connectivity index (χ3v) is 5.90. The first-order valence-corrected chi connectivity index (χ1v) is 10.1. The lowest BCUT2D eigenvalue weighted by molar-refractivity contribution is 0.597. The minimum absolute atomic E-state index is 0.110. The van der Waals surface area contributed by atoms with Crippen LogP contribution in [0, 0.1) is 20.8 Å². The average Bonchev–Trinajstić information content (AvgIpc) is 2.92. The van der Waals surface area contributed by atoms with Crippen molar-refractivity contribution in [3.8, 4) is 0 Å². The Hall–Kier alpha value is -2.77. The molecule has 0 saturated carbocycles. The number of aryl methyl sites for hydroxylation is 3. The zero-order valence-electron chi connectivity index (χ0n) is 15.4. The molecule has 0 aliphatic rings. The van der Waals surface area contributed by atoms with Crippen molar-refractivity contribution in [3.63, 3.8) is 0 Å². The first-order valence-electron chi connectivity index (χ1n) is 8.58. The summed E-state index contributed by atoms with van der Waals surface area (Å²) in [6, 6.07) is 10.9. The van der Waals surface area contributed by atoms with E-state index in [9.17, 15) is 8.42 Å². The second-order valence-corrected chi connectivity index (χ2v) is 8.44. The number of benzene rings is 2. The molecule has 27 heavy (non-hydrogen) atoms. The zero-order valence-corrected chi connectivity index (χ0v) is 16.2. The smallest absolute Gasteiger partial charge is 0.238 e. The number of nitrogens with zero attached hydrogens (tertiary/aromatic N) is 3. The van der Waals surface area contributed by atoms with Gasteiger partial charge in [-0.1, -0.05) is 12.1 Å². The molecule has 4 aromatic rings. The van der Waals surface area contributed by atoms with Gasteiger partial charge in [0, 0.05) is 11.9 Å². The Bertz CT molecular complexity index is 1290. The summed E-state index contributed by atoms with van der Waals surface area (Å²) in [5.41, 5.74) is 6.21. The van der Waals surface area contributed by atoms with Crippen molar-refractivity contribution < 1.29 is 8.42 Å². The van der Waals surface area contributed by atoms with Crippen LogP contribution in [0.5, 0.6) is 0 Å². The van der Waals surface area contributed by atoms with Gasteiger partial charge in [0.15, 0.2) is 0 Å². The molecule has 0 aliphatic carbocycles. The minimum atomic E-state index is -3.69. The van der Waals surface area contributed by atoms with Crippen molar-refractivity contribution in [2.24, 2.45) is 5.14 Å². The maximum absolute atomic E-state index is 11.5. The second-order valence-electron chi connectivity index (χ2n) is 6.88. The third-order valence-electron chi connectivity index (χ3n) is 4.97. The van der Waals surface area contributed by atoms with E-state index in [1.807, 2.05) is 6.92 Å². The van der Waals surface area contributed by atoms with Crippen LogP contribution in [0.3, 0.4) is 0 Å². The summed E-state index contributed by atoms with van der Waals surface area (Å²) in [6.45, 7) is 6.72. The molecule has 6 nitrogen and oxygen atoms in total. The fourth-order valence-electron chi connectivity index (χ4n) is 3.35. The summed E-state index contributed by atoms with van der Waals surface area (Å²) in [6.07, 6.45) is 1.81. The fourth-order valence-corrected chi connectivity index (χ4v) is 3.87. The molecule has 0 atom stereocenters. The van der Waals surface area contributed by atoms with Crippen molar-refractivity contribution >= 4 is 32.0 Å². The predicted molar refractivity (Wildman–Crippen MR) is 106 cm³/mol. The van der Waals surface area contributed by atoms with E-state index < -0.39 is 10.0 Å². The molecule has 2 aromatic heterocycles. The summed E-state index contributed by atoms with van der Waals surface area (Å²) in [4.78, 5) is 9.32. The summed E-state index contributed by atoms with van der Waals surface area (Å²) in [5, 5.41) is 6.25. The average molecular weight is 380 g/mol. The number of fused-ring (bicyclic) bond motifs is 3. The van der Waals surface area contributed by atoms with E-state index in [0.717, 1.165) is 33.3 Å². The first kappa shape index (κ1) is 17.6. The molecular weight excluding hydrogens is 360 g/mol. The summed E-state index contributed by atoms with van der Waals surface area (Å²) >= 11 is 0. The Kier molecular flexibility index (Phi) is 4.01. The molecule has 7 heteroatoms. The van der Waals surface area contributed by atoms with Crippen molar-refractivity contribution in [1.29, 1.82) is 0 Å². The normalized spacial score (nSPS) is 12.1. The van der Waals surface area contributed by atoms with Gasteiger partial charge in [0.05, 0.1) is 22.1 Å². The lowest BCUT2D eigenvalue weighted by atomic mass is 10.1. The van der Waals surface area contributed by atoms with Crippen molar-refractivity contribution in [1.82, 2.24) is 14.5 Å². The SMILES string of the molecule is Cc1cc2ncc3nc(C)n(Cc4ccc(S(N)(=O)=O)cc4)c3c2cc1C. The van der Waals surface area contributed by atoms with Crippen LogP contribution >= 0.6 is 0 Å². The van der Waals surface area contributed by atoms with Crippen LogP contribution in [0.4, 0.5) is 0 Å². The third kappa shape index (κ3) is 3.09. The maximum atomic E-state index is 11.5. The monoisotopic (exact) mass is 380 g/mol. The Morgan fingerprint density at radius 1 is 1.00 bits per heavy atom. The van der Waals surface area contributed by atoms with Gasteiger partial charge < -0.3 is 4.57 Å². The fraction of sp³-hybridized carbons (Fsp3) is 0.200. The molecular formula is C20H20N4O2S. The summed E-state index contributed by atoms with van der Waals surface area (Å²) < 4.78 is 25.0. The highest BCUT2D eigenvalue weighted by Crippen LogP contribution is 2.27. The van der Waals surface area contributed by atoms with Crippen LogP contribution in [0.15, 0.2) is 47.5 Å².